The smallest absolute Gasteiger partial charge is 0.00699 e. The van der Waals surface area contributed by atoms with Crippen molar-refractivity contribution in [2.75, 3.05) is 0 Å². The molecule has 0 saturated heterocycles. The highest BCUT2D eigenvalue weighted by atomic mass is 14.1. The minimum absolute atomic E-state index is 0.705. The SMILES string of the molecule is C/C=C\C(=C(C)C)C(C)CC.C=C1C=CC=C(CCC)C1.CC. The Balaban J connectivity index is 0. The molecule has 0 fully saturated rings. The first-order valence-electron chi connectivity index (χ1n) is 9.30. The molecule has 0 bridgehead atoms. The molecule has 0 aliphatic heterocycles. The maximum Gasteiger partial charge on any atom is -0.00699 e. The summed E-state index contributed by atoms with van der Waals surface area (Å²) in [6.45, 7) is 21.1. The predicted octanol–water partition coefficient (Wildman–Crippen LogP) is 8.20. The van der Waals surface area contributed by atoms with Gasteiger partial charge in [0.25, 0.3) is 0 Å². The summed E-state index contributed by atoms with van der Waals surface area (Å²) in [4.78, 5) is 0. The highest BCUT2D eigenvalue weighted by molar-refractivity contribution is 5.32. The summed E-state index contributed by atoms with van der Waals surface area (Å²) in [7, 11) is 0. The van der Waals surface area contributed by atoms with Crippen LogP contribution in [0.2, 0.25) is 0 Å². The van der Waals surface area contributed by atoms with E-state index in [1.165, 1.54) is 41.6 Å². The Morgan fingerprint density at radius 2 is 1.87 bits per heavy atom. The summed E-state index contributed by atoms with van der Waals surface area (Å²) in [6, 6.07) is 0. The van der Waals surface area contributed by atoms with Crippen LogP contribution in [0.3, 0.4) is 0 Å². The molecule has 1 aliphatic rings. The van der Waals surface area contributed by atoms with E-state index < -0.39 is 0 Å². The molecule has 1 rings (SSSR count). The summed E-state index contributed by atoms with van der Waals surface area (Å²) in [5.41, 5.74) is 5.70. The molecule has 23 heavy (non-hydrogen) atoms. The molecule has 1 unspecified atom stereocenters. The largest absolute Gasteiger partial charge is 0.0955 e. The summed E-state index contributed by atoms with van der Waals surface area (Å²) >= 11 is 0. The van der Waals surface area contributed by atoms with E-state index in [0.717, 1.165) is 6.42 Å². The number of hydrogen-bond acceptors (Lipinski definition) is 0. The van der Waals surface area contributed by atoms with Gasteiger partial charge in [-0.05, 0) is 51.5 Å². The van der Waals surface area contributed by atoms with Crippen molar-refractivity contribution >= 4 is 0 Å². The van der Waals surface area contributed by atoms with Gasteiger partial charge in [0.05, 0.1) is 0 Å². The molecule has 0 aromatic heterocycles. The van der Waals surface area contributed by atoms with Gasteiger partial charge in [0.15, 0.2) is 0 Å². The molecule has 0 aromatic carbocycles. The van der Waals surface area contributed by atoms with Crippen LogP contribution in [0.15, 0.2) is 59.3 Å². The fourth-order valence-electron chi connectivity index (χ4n) is 2.45. The lowest BCUT2D eigenvalue weighted by molar-refractivity contribution is 0.663. The van der Waals surface area contributed by atoms with Gasteiger partial charge in [0, 0.05) is 0 Å². The van der Waals surface area contributed by atoms with Crippen molar-refractivity contribution in [2.24, 2.45) is 5.92 Å². The van der Waals surface area contributed by atoms with Gasteiger partial charge in [0.1, 0.15) is 0 Å². The first-order chi connectivity index (χ1) is 11.0. The maximum atomic E-state index is 3.92. The lowest BCUT2D eigenvalue weighted by Crippen LogP contribution is -1.96. The van der Waals surface area contributed by atoms with Crippen molar-refractivity contribution in [3.63, 3.8) is 0 Å². The fourth-order valence-corrected chi connectivity index (χ4v) is 2.45. The molecule has 0 radical (unpaired) electrons. The summed E-state index contributed by atoms with van der Waals surface area (Å²) in [5, 5.41) is 0. The highest BCUT2D eigenvalue weighted by Gasteiger charge is 2.03. The van der Waals surface area contributed by atoms with Gasteiger partial charge >= 0.3 is 0 Å². The molecule has 0 spiro atoms. The van der Waals surface area contributed by atoms with Gasteiger partial charge in [-0.25, -0.2) is 0 Å². The fraction of sp³-hybridized carbons (Fsp3) is 0.565. The molecule has 0 heterocycles. The molecule has 0 nitrogen and oxygen atoms in total. The van der Waals surface area contributed by atoms with Crippen LogP contribution in [0.5, 0.6) is 0 Å². The number of rotatable bonds is 5. The lowest BCUT2D eigenvalue weighted by Gasteiger charge is -2.11. The first-order valence-corrected chi connectivity index (χ1v) is 9.30. The minimum atomic E-state index is 0.705. The van der Waals surface area contributed by atoms with Crippen LogP contribution < -0.4 is 0 Å². The average Bonchev–Trinajstić information content (AvgIpc) is 2.54. The zero-order valence-corrected chi connectivity index (χ0v) is 17.0. The molecule has 0 aromatic rings. The second-order valence-electron chi connectivity index (χ2n) is 6.03. The summed E-state index contributed by atoms with van der Waals surface area (Å²) in [6.07, 6.45) is 15.5. The van der Waals surface area contributed by atoms with E-state index in [9.17, 15) is 0 Å². The van der Waals surface area contributed by atoms with Crippen LogP contribution in [0.25, 0.3) is 0 Å². The van der Waals surface area contributed by atoms with Crippen LogP contribution in [0.1, 0.15) is 81.1 Å². The molecule has 1 atom stereocenters. The average molecular weight is 317 g/mol. The van der Waals surface area contributed by atoms with Crippen molar-refractivity contribution in [1.82, 2.24) is 0 Å². The number of allylic oxidation sites excluding steroid dienone is 9. The zero-order chi connectivity index (χ0) is 18.3. The van der Waals surface area contributed by atoms with Gasteiger partial charge < -0.3 is 0 Å². The van der Waals surface area contributed by atoms with Crippen molar-refractivity contribution < 1.29 is 0 Å². The van der Waals surface area contributed by atoms with Crippen molar-refractivity contribution in [1.29, 1.82) is 0 Å². The van der Waals surface area contributed by atoms with Gasteiger partial charge in [-0.15, -0.1) is 0 Å². The third kappa shape index (κ3) is 11.9. The van der Waals surface area contributed by atoms with E-state index in [1.54, 1.807) is 0 Å². The summed E-state index contributed by atoms with van der Waals surface area (Å²) < 4.78 is 0. The molecule has 0 amide bonds. The Morgan fingerprint density at radius 1 is 1.26 bits per heavy atom. The van der Waals surface area contributed by atoms with E-state index in [0.29, 0.717) is 5.92 Å². The second-order valence-corrected chi connectivity index (χ2v) is 6.03. The van der Waals surface area contributed by atoms with E-state index in [2.05, 4.69) is 78.5 Å². The minimum Gasteiger partial charge on any atom is -0.0955 e. The predicted molar refractivity (Wildman–Crippen MR) is 110 cm³/mol. The second kappa shape index (κ2) is 15.6. The Bertz CT molecular complexity index is 423. The van der Waals surface area contributed by atoms with E-state index in [-0.39, 0.29) is 0 Å². The van der Waals surface area contributed by atoms with E-state index >= 15 is 0 Å². The van der Waals surface area contributed by atoms with Crippen LogP contribution in [0, 0.1) is 5.92 Å². The lowest BCUT2D eigenvalue weighted by atomic mass is 9.94. The van der Waals surface area contributed by atoms with Crippen molar-refractivity contribution in [3.05, 3.63) is 59.3 Å². The van der Waals surface area contributed by atoms with Crippen molar-refractivity contribution in [2.45, 2.75) is 81.1 Å². The third-order valence-corrected chi connectivity index (χ3v) is 3.76. The van der Waals surface area contributed by atoms with Crippen LogP contribution >= 0.6 is 0 Å². The van der Waals surface area contributed by atoms with Crippen LogP contribution in [0.4, 0.5) is 0 Å². The van der Waals surface area contributed by atoms with Crippen LogP contribution in [-0.2, 0) is 0 Å². The number of hydrogen-bond donors (Lipinski definition) is 0. The maximum absolute atomic E-state index is 3.92. The Morgan fingerprint density at radius 3 is 2.26 bits per heavy atom. The monoisotopic (exact) mass is 316 g/mol. The zero-order valence-electron chi connectivity index (χ0n) is 17.0. The first kappa shape index (κ1) is 24.0. The van der Waals surface area contributed by atoms with Gasteiger partial charge in [-0.2, -0.15) is 0 Å². The van der Waals surface area contributed by atoms with Gasteiger partial charge in [-0.3, -0.25) is 0 Å². The third-order valence-electron chi connectivity index (χ3n) is 3.76. The highest BCUT2D eigenvalue weighted by Crippen LogP contribution is 2.20. The Hall–Kier alpha value is -1.30. The van der Waals surface area contributed by atoms with E-state index in [4.69, 9.17) is 0 Å². The topological polar surface area (TPSA) is 0 Å². The summed E-state index contributed by atoms with van der Waals surface area (Å²) in [5.74, 6) is 0.705. The Labute approximate surface area is 146 Å². The molecular weight excluding hydrogens is 276 g/mol. The molecule has 0 heteroatoms. The van der Waals surface area contributed by atoms with Gasteiger partial charge in [0.2, 0.25) is 0 Å². The molecule has 1 aliphatic carbocycles. The normalized spacial score (nSPS) is 14.3. The van der Waals surface area contributed by atoms with E-state index in [1.807, 2.05) is 13.8 Å². The molecule has 132 valence electrons. The van der Waals surface area contributed by atoms with Crippen molar-refractivity contribution in [3.8, 4) is 0 Å². The molecular formula is C23H40. The Kier molecular flexibility index (Phi) is 16.2. The standard InChI is InChI=1S/C11H20.C10H14.C2H6/c1-6-8-11(9(3)4)10(5)7-2;1-3-5-10-7-4-6-9(2)8-10;1-2/h6,8,10H,7H2,1-5H3;4,6-7H,2-3,5,8H2,1H3;1-2H3/b8-6-;;. The van der Waals surface area contributed by atoms with Crippen LogP contribution in [-0.4, -0.2) is 0 Å². The van der Waals surface area contributed by atoms with Gasteiger partial charge in [-0.1, -0.05) is 94.7 Å². The molecule has 0 N–H and O–H groups in total. The quantitative estimate of drug-likeness (QED) is 0.448. The molecule has 0 saturated carbocycles.